The average molecular weight is 872 g/mol. The van der Waals surface area contributed by atoms with E-state index in [1.807, 2.05) is 97.1 Å². The van der Waals surface area contributed by atoms with Crippen LogP contribution in [0.2, 0.25) is 0 Å². The van der Waals surface area contributed by atoms with Gasteiger partial charge in [-0.25, -0.2) is 0 Å². The Labute approximate surface area is 309 Å². The number of nitrogens with zero attached hydrogens (tertiary/aromatic N) is 8. The number of aromatic nitrogens is 6. The molecule has 0 aliphatic carbocycles. The van der Waals surface area contributed by atoms with E-state index in [0.29, 0.717) is 6.08 Å². The van der Waals surface area contributed by atoms with E-state index in [4.69, 9.17) is 0 Å². The molecule has 13 heteroatoms. The molecule has 9 nitrogen and oxygen atoms in total. The SMILES string of the molecule is CN1C=C[N-]C1=CC(=O)C(F)(F)F.[Ir+3].[c-]1ccc2ccccc2c1-n1nc2ccccc2n1.[c-]1ccc2ccccc2c1-n1nc2ccccc2n1. The molecule has 2 aromatic heterocycles. The molecular formula is C39H26F3IrN8O. The molecule has 6 aromatic carbocycles. The van der Waals surface area contributed by atoms with E-state index >= 15 is 0 Å². The molecule has 8 aromatic rings. The van der Waals surface area contributed by atoms with Crippen molar-refractivity contribution in [2.75, 3.05) is 7.05 Å². The smallest absolute Gasteiger partial charge is 0.452 e. The Balaban J connectivity index is 0.000000136. The molecule has 0 unspecified atom stereocenters. The minimum absolute atomic E-state index is 0. The van der Waals surface area contributed by atoms with Crippen LogP contribution in [0.4, 0.5) is 13.2 Å². The second kappa shape index (κ2) is 15.4. The van der Waals surface area contributed by atoms with Crippen LogP contribution < -0.4 is 0 Å². The number of hydrogen-bond acceptors (Lipinski definition) is 6. The van der Waals surface area contributed by atoms with Crippen LogP contribution in [0.3, 0.4) is 0 Å². The van der Waals surface area contributed by atoms with Crippen LogP contribution in [0.5, 0.6) is 0 Å². The molecule has 0 radical (unpaired) electrons. The van der Waals surface area contributed by atoms with E-state index in [1.165, 1.54) is 24.3 Å². The third-order valence-electron chi connectivity index (χ3n) is 7.77. The number of carbonyl (C=O) groups is 1. The standard InChI is InChI=1S/2C16H10N3.C7H7F3N2O.Ir/c2*1-2-8-13-12(6-1)7-5-11-16(13)19-17-14-9-3-4-10-15(14)18-19;1-12-3-2-11-6(12)4-5(13)7(8,9)10;/h2*1-10H;2-4H,1H3,(H,11,13);/q2*-1;;+3/p-1. The first-order chi connectivity index (χ1) is 24.7. The van der Waals surface area contributed by atoms with Crippen molar-refractivity contribution >= 4 is 49.4 Å². The number of rotatable bonds is 3. The largest absolute Gasteiger partial charge is 3.00 e. The van der Waals surface area contributed by atoms with Gasteiger partial charge in [-0.1, -0.05) is 85.9 Å². The molecule has 258 valence electrons. The number of hydrogen-bond donors (Lipinski definition) is 0. The fourth-order valence-corrected chi connectivity index (χ4v) is 5.26. The van der Waals surface area contributed by atoms with Crippen LogP contribution in [0.25, 0.3) is 60.3 Å². The van der Waals surface area contributed by atoms with Crippen molar-refractivity contribution in [3.05, 3.63) is 163 Å². The number of allylic oxidation sites excluding steroid dienone is 1. The van der Waals surface area contributed by atoms with Crippen molar-refractivity contribution < 1.29 is 38.1 Å². The maximum Gasteiger partial charge on any atom is 3.00 e. The topological polar surface area (TPSA) is 95.8 Å². The maximum atomic E-state index is 11.8. The minimum Gasteiger partial charge on any atom is -0.452 e. The summed E-state index contributed by atoms with van der Waals surface area (Å²) in [5.41, 5.74) is 5.34. The second-order valence-corrected chi connectivity index (χ2v) is 11.2. The van der Waals surface area contributed by atoms with Crippen LogP contribution in [-0.4, -0.2) is 53.9 Å². The average Bonchev–Trinajstić information content (AvgIpc) is 3.89. The molecule has 1 aliphatic heterocycles. The first-order valence-electron chi connectivity index (χ1n) is 15.6. The van der Waals surface area contributed by atoms with Crippen molar-refractivity contribution in [2.24, 2.45) is 0 Å². The third kappa shape index (κ3) is 7.75. The van der Waals surface area contributed by atoms with Gasteiger partial charge in [-0.3, -0.25) is 4.79 Å². The summed E-state index contributed by atoms with van der Waals surface area (Å²) in [6, 6.07) is 46.4. The summed E-state index contributed by atoms with van der Waals surface area (Å²) in [6.45, 7) is 0. The van der Waals surface area contributed by atoms with E-state index in [9.17, 15) is 18.0 Å². The molecule has 0 spiro atoms. The number of fused-ring (bicyclic) bond motifs is 4. The predicted octanol–water partition coefficient (Wildman–Crippen LogP) is 8.49. The number of benzene rings is 6. The molecule has 0 N–H and O–H groups in total. The summed E-state index contributed by atoms with van der Waals surface area (Å²) in [7, 11) is 1.50. The fraction of sp³-hybridized carbons (Fsp3) is 0.0513. The van der Waals surface area contributed by atoms with Gasteiger partial charge in [0.25, 0.3) is 5.78 Å². The quantitative estimate of drug-likeness (QED) is 0.131. The fourth-order valence-electron chi connectivity index (χ4n) is 5.26. The van der Waals surface area contributed by atoms with Crippen LogP contribution >= 0.6 is 0 Å². The minimum atomic E-state index is -4.83. The molecule has 0 saturated carbocycles. The summed E-state index contributed by atoms with van der Waals surface area (Å²) < 4.78 is 35.3. The van der Waals surface area contributed by atoms with E-state index < -0.39 is 12.0 Å². The Bertz CT molecular complexity index is 2350. The van der Waals surface area contributed by atoms with Crippen molar-refractivity contribution in [3.8, 4) is 11.4 Å². The van der Waals surface area contributed by atoms with E-state index in [2.05, 4.69) is 62.1 Å². The third-order valence-corrected chi connectivity index (χ3v) is 7.77. The summed E-state index contributed by atoms with van der Waals surface area (Å²) in [5, 5.41) is 26.1. The van der Waals surface area contributed by atoms with Crippen LogP contribution in [0.1, 0.15) is 0 Å². The first kappa shape index (κ1) is 35.6. The summed E-state index contributed by atoms with van der Waals surface area (Å²) in [5.74, 6) is -1.91. The zero-order valence-electron chi connectivity index (χ0n) is 27.2. The number of alkyl halides is 3. The van der Waals surface area contributed by atoms with Gasteiger partial charge >= 0.3 is 26.3 Å². The molecule has 3 heterocycles. The van der Waals surface area contributed by atoms with Gasteiger partial charge in [0.1, 0.15) is 22.1 Å². The van der Waals surface area contributed by atoms with Gasteiger partial charge in [-0.2, -0.15) is 79.6 Å². The zero-order chi connectivity index (χ0) is 35.4. The van der Waals surface area contributed by atoms with E-state index in [-0.39, 0.29) is 25.9 Å². The normalized spacial score (nSPS) is 13.0. The molecule has 0 amide bonds. The summed E-state index contributed by atoms with van der Waals surface area (Å²) in [6.07, 6.45) is -1.60. The van der Waals surface area contributed by atoms with Crippen molar-refractivity contribution in [1.82, 2.24) is 34.9 Å². The van der Waals surface area contributed by atoms with Gasteiger partial charge in [0, 0.05) is 0 Å². The van der Waals surface area contributed by atoms with Crippen LogP contribution in [0.15, 0.2) is 146 Å². The van der Waals surface area contributed by atoms with E-state index in [0.717, 1.165) is 55.0 Å². The molecule has 0 saturated heterocycles. The van der Waals surface area contributed by atoms with Crippen molar-refractivity contribution in [3.63, 3.8) is 0 Å². The molecule has 52 heavy (non-hydrogen) atoms. The monoisotopic (exact) mass is 872 g/mol. The maximum absolute atomic E-state index is 11.8. The first-order valence-corrected chi connectivity index (χ1v) is 15.6. The Morgan fingerprint density at radius 1 is 0.654 bits per heavy atom. The Morgan fingerprint density at radius 3 is 1.44 bits per heavy atom. The Hall–Kier alpha value is -6.17. The van der Waals surface area contributed by atoms with Crippen LogP contribution in [0, 0.1) is 12.1 Å². The molecule has 0 atom stereocenters. The summed E-state index contributed by atoms with van der Waals surface area (Å²) >= 11 is 0. The van der Waals surface area contributed by atoms with Gasteiger partial charge in [0.2, 0.25) is 0 Å². The van der Waals surface area contributed by atoms with E-state index in [1.54, 1.807) is 9.59 Å². The molecule has 0 bridgehead atoms. The summed E-state index contributed by atoms with van der Waals surface area (Å²) in [4.78, 5) is 15.1. The van der Waals surface area contributed by atoms with Gasteiger partial charge < -0.3 is 10.2 Å². The van der Waals surface area contributed by atoms with Gasteiger partial charge in [0.15, 0.2) is 0 Å². The molecule has 1 aliphatic rings. The Morgan fingerprint density at radius 2 is 1.06 bits per heavy atom. The number of carbonyl (C=O) groups excluding carboxylic acids is 1. The molecular weight excluding hydrogens is 846 g/mol. The van der Waals surface area contributed by atoms with Gasteiger partial charge in [-0.05, 0) is 41.7 Å². The number of halogens is 3. The zero-order valence-corrected chi connectivity index (χ0v) is 29.6. The predicted molar refractivity (Wildman–Crippen MR) is 190 cm³/mol. The van der Waals surface area contributed by atoms with Crippen LogP contribution in [-0.2, 0) is 24.9 Å². The second-order valence-electron chi connectivity index (χ2n) is 11.2. The molecule has 9 rings (SSSR count). The Kier molecular flexibility index (Phi) is 10.5. The van der Waals surface area contributed by atoms with Gasteiger partial charge in [-0.15, -0.1) is 33.7 Å². The van der Waals surface area contributed by atoms with Gasteiger partial charge in [0.05, 0.1) is 0 Å². The van der Waals surface area contributed by atoms with Crippen molar-refractivity contribution in [2.45, 2.75) is 6.18 Å². The van der Waals surface area contributed by atoms with Crippen molar-refractivity contribution in [1.29, 1.82) is 0 Å². The molecule has 0 fully saturated rings. The number of ketones is 1.